The molecular weight excluding hydrogens is 633 g/mol. The van der Waals surface area contributed by atoms with Crippen molar-refractivity contribution in [3.8, 4) is 5.88 Å². The number of hydrogen-bond donors (Lipinski definition) is 3. The molecule has 0 aliphatic heterocycles. The molecule has 16 heteroatoms. The second-order valence-electron chi connectivity index (χ2n) is 11.0. The molecule has 0 radical (unpaired) electrons. The summed E-state index contributed by atoms with van der Waals surface area (Å²) >= 11 is 0. The van der Waals surface area contributed by atoms with E-state index in [1.165, 1.54) is 12.3 Å². The highest BCUT2D eigenvalue weighted by atomic mass is 35.5. The Kier molecular flexibility index (Phi) is 11.3. The number of nitrogens with zero attached hydrogens (tertiary/aromatic N) is 4. The molecule has 0 bridgehead atoms. The van der Waals surface area contributed by atoms with Gasteiger partial charge in [0.15, 0.2) is 17.2 Å². The predicted octanol–water partition coefficient (Wildman–Crippen LogP) is 4.81. The molecule has 1 aliphatic rings. The number of benzene rings is 1. The van der Waals surface area contributed by atoms with Crippen LogP contribution < -0.4 is 15.8 Å². The monoisotopic (exact) mass is 664 g/mol. The number of alkyl halides is 2. The Morgan fingerprint density at radius 2 is 1.91 bits per heavy atom. The van der Waals surface area contributed by atoms with Gasteiger partial charge in [0, 0.05) is 24.9 Å². The van der Waals surface area contributed by atoms with Crippen molar-refractivity contribution in [3.63, 3.8) is 0 Å². The number of ether oxygens (including phenoxy) is 2. The van der Waals surface area contributed by atoms with Gasteiger partial charge in [0.2, 0.25) is 5.88 Å². The largest absolute Gasteiger partial charge is 0.477 e. The van der Waals surface area contributed by atoms with Gasteiger partial charge in [-0.05, 0) is 74.9 Å². The minimum atomic E-state index is -2.84. The van der Waals surface area contributed by atoms with Gasteiger partial charge in [0.25, 0.3) is 5.91 Å². The van der Waals surface area contributed by atoms with Gasteiger partial charge in [-0.3, -0.25) is 4.79 Å². The van der Waals surface area contributed by atoms with Crippen LogP contribution in [-0.2, 0) is 17.7 Å². The van der Waals surface area contributed by atoms with E-state index in [2.05, 4.69) is 25.1 Å². The molecule has 3 aromatic heterocycles. The van der Waals surface area contributed by atoms with Crippen LogP contribution in [-0.4, -0.2) is 54.7 Å². The third kappa shape index (κ3) is 8.28. The van der Waals surface area contributed by atoms with Crippen LogP contribution in [0.25, 0.3) is 5.65 Å². The first-order chi connectivity index (χ1) is 21.2. The molecule has 4 aromatic rings. The lowest BCUT2D eigenvalue weighted by molar-refractivity contribution is -0.0529. The van der Waals surface area contributed by atoms with Gasteiger partial charge < -0.3 is 25.6 Å². The van der Waals surface area contributed by atoms with Crippen molar-refractivity contribution in [2.24, 2.45) is 5.73 Å². The highest BCUT2D eigenvalue weighted by molar-refractivity contribution is 5.96. The van der Waals surface area contributed by atoms with E-state index >= 15 is 0 Å². The summed E-state index contributed by atoms with van der Waals surface area (Å²) in [6.07, 6.45) is 3.48. The Morgan fingerprint density at radius 3 is 2.54 bits per heavy atom. The zero-order chi connectivity index (χ0) is 33.1. The summed E-state index contributed by atoms with van der Waals surface area (Å²) in [5, 5.41) is 16.0. The second-order valence-corrected chi connectivity index (χ2v) is 11.0. The van der Waals surface area contributed by atoms with Gasteiger partial charge in [-0.25, -0.2) is 28.5 Å². The van der Waals surface area contributed by atoms with Crippen molar-refractivity contribution in [1.82, 2.24) is 24.9 Å². The molecule has 246 valence electrons. The van der Waals surface area contributed by atoms with Crippen LogP contribution >= 0.6 is 12.4 Å². The van der Waals surface area contributed by atoms with Crippen molar-refractivity contribution in [3.05, 3.63) is 87.7 Å². The van der Waals surface area contributed by atoms with E-state index in [1.807, 2.05) is 6.92 Å². The van der Waals surface area contributed by atoms with Crippen LogP contribution in [0.4, 0.5) is 13.2 Å². The summed E-state index contributed by atoms with van der Waals surface area (Å²) in [5.41, 5.74) is 7.52. The standard InChI is InChI=1S/C23H23FN4O5.C7H8F2N2O.ClH/c1-11-12-7-8-16(14(12)6-5-13(11)22(32)33-23(2,3)4)27-20(29)18-9-17(21(30)31)26-19-15(24)10-25-28(18)19;8-7(9)12-6-3-5(4-10)1-2-11-6;/h5-6,9-10,16H,7-8H2,1-4H3,(H,27,29)(H,30,31);1-3,7H,4,10H2;1H/t16-;;/m0../s1. The maximum atomic E-state index is 14.0. The molecule has 0 unspecified atom stereocenters. The third-order valence-electron chi connectivity index (χ3n) is 6.74. The predicted molar refractivity (Wildman–Crippen MR) is 161 cm³/mol. The van der Waals surface area contributed by atoms with E-state index in [-0.39, 0.29) is 42.2 Å². The van der Waals surface area contributed by atoms with Crippen molar-refractivity contribution >= 4 is 35.9 Å². The molecule has 5 rings (SSSR count). The topological polar surface area (TPSA) is 171 Å². The summed E-state index contributed by atoms with van der Waals surface area (Å²) in [7, 11) is 0. The Morgan fingerprint density at radius 1 is 1.20 bits per heavy atom. The van der Waals surface area contributed by atoms with E-state index in [1.54, 1.807) is 39.0 Å². The first kappa shape index (κ1) is 35.7. The molecule has 12 nitrogen and oxygen atoms in total. The normalized spacial score (nSPS) is 13.7. The second kappa shape index (κ2) is 14.6. The van der Waals surface area contributed by atoms with Gasteiger partial charge >= 0.3 is 18.6 Å². The SMILES string of the molecule is Cc1c(C(=O)OC(C)(C)C)ccc2c1CC[C@@H]2NC(=O)c1cc(C(=O)O)nc2c(F)cnn12.Cl.NCc1ccnc(OC(F)F)c1. The van der Waals surface area contributed by atoms with E-state index < -0.39 is 41.6 Å². The molecule has 4 N–H and O–H groups in total. The van der Waals surface area contributed by atoms with Crippen LogP contribution in [0, 0.1) is 12.7 Å². The maximum absolute atomic E-state index is 14.0. The van der Waals surface area contributed by atoms with Crippen molar-refractivity contribution in [2.75, 3.05) is 0 Å². The summed E-state index contributed by atoms with van der Waals surface area (Å²) in [4.78, 5) is 44.3. The summed E-state index contributed by atoms with van der Waals surface area (Å²) < 4.78 is 47.8. The lowest BCUT2D eigenvalue weighted by atomic mass is 9.97. The number of fused-ring (bicyclic) bond motifs is 2. The molecule has 46 heavy (non-hydrogen) atoms. The van der Waals surface area contributed by atoms with Gasteiger partial charge in [0.1, 0.15) is 11.3 Å². The molecular formula is C30H32ClF3N6O6. The number of aromatic nitrogens is 4. The Bertz CT molecular complexity index is 1760. The summed E-state index contributed by atoms with van der Waals surface area (Å²) in [6.45, 7) is 4.69. The van der Waals surface area contributed by atoms with Crippen molar-refractivity contribution in [2.45, 2.75) is 65.3 Å². The number of carbonyl (C=O) groups excluding carboxylic acids is 2. The van der Waals surface area contributed by atoms with Gasteiger partial charge in [0.05, 0.1) is 17.8 Å². The number of halogens is 4. The highest BCUT2D eigenvalue weighted by Crippen LogP contribution is 2.35. The highest BCUT2D eigenvalue weighted by Gasteiger charge is 2.30. The van der Waals surface area contributed by atoms with E-state index in [0.717, 1.165) is 33.5 Å². The minimum Gasteiger partial charge on any atom is -0.477 e. The Hall–Kier alpha value is -4.76. The van der Waals surface area contributed by atoms with E-state index in [4.69, 9.17) is 10.5 Å². The fourth-order valence-corrected chi connectivity index (χ4v) is 4.76. The molecule has 0 saturated carbocycles. The first-order valence-corrected chi connectivity index (χ1v) is 13.7. The zero-order valence-corrected chi connectivity index (χ0v) is 26.0. The van der Waals surface area contributed by atoms with Crippen LogP contribution in [0.15, 0.2) is 42.7 Å². The quantitative estimate of drug-likeness (QED) is 0.233. The Labute approximate surface area is 267 Å². The lowest BCUT2D eigenvalue weighted by Gasteiger charge is -2.21. The molecule has 3 heterocycles. The number of carboxylic acid groups (broad SMARTS) is 1. The fraction of sp³-hybridized carbons (Fsp3) is 0.333. The number of esters is 1. The number of nitrogens with one attached hydrogen (secondary N) is 1. The van der Waals surface area contributed by atoms with Gasteiger partial charge in [-0.1, -0.05) is 6.07 Å². The number of carbonyl (C=O) groups is 3. The molecule has 0 spiro atoms. The van der Waals surface area contributed by atoms with Crippen molar-refractivity contribution < 1.29 is 42.1 Å². The van der Waals surface area contributed by atoms with E-state index in [9.17, 15) is 32.7 Å². The van der Waals surface area contributed by atoms with Crippen LogP contribution in [0.1, 0.15) is 86.8 Å². The molecule has 0 fully saturated rings. The Balaban J connectivity index is 0.000000375. The average Bonchev–Trinajstić information content (AvgIpc) is 3.55. The van der Waals surface area contributed by atoms with Crippen molar-refractivity contribution in [1.29, 1.82) is 0 Å². The number of aromatic carboxylic acids is 1. The first-order valence-electron chi connectivity index (χ1n) is 13.7. The fourth-order valence-electron chi connectivity index (χ4n) is 4.76. The molecule has 1 aliphatic carbocycles. The number of pyridine rings is 1. The van der Waals surface area contributed by atoms with Gasteiger partial charge in [-0.2, -0.15) is 13.9 Å². The lowest BCUT2D eigenvalue weighted by Crippen LogP contribution is -2.29. The third-order valence-corrected chi connectivity index (χ3v) is 6.74. The molecule has 1 atom stereocenters. The molecule has 1 aromatic carbocycles. The van der Waals surface area contributed by atoms with Crippen LogP contribution in [0.2, 0.25) is 0 Å². The minimum absolute atomic E-state index is 0. The number of hydrogen-bond acceptors (Lipinski definition) is 9. The number of carboxylic acids is 1. The zero-order valence-electron chi connectivity index (χ0n) is 25.2. The average molecular weight is 665 g/mol. The summed E-state index contributed by atoms with van der Waals surface area (Å²) in [5.74, 6) is -3.34. The smallest absolute Gasteiger partial charge is 0.388 e. The van der Waals surface area contributed by atoms with Crippen LogP contribution in [0.5, 0.6) is 5.88 Å². The molecule has 0 saturated heterocycles. The number of nitrogens with two attached hydrogens (primary N) is 1. The number of rotatable bonds is 7. The maximum Gasteiger partial charge on any atom is 0.388 e. The molecule has 1 amide bonds. The number of amides is 1. The van der Waals surface area contributed by atoms with Crippen LogP contribution in [0.3, 0.4) is 0 Å². The summed E-state index contributed by atoms with van der Waals surface area (Å²) in [6, 6.07) is 7.19. The van der Waals surface area contributed by atoms with E-state index in [0.29, 0.717) is 24.0 Å². The van der Waals surface area contributed by atoms with Gasteiger partial charge in [-0.15, -0.1) is 12.4 Å².